The van der Waals surface area contributed by atoms with E-state index < -0.39 is 0 Å². The lowest BCUT2D eigenvalue weighted by molar-refractivity contribution is -0.0531. The number of hydrogen-bond donors (Lipinski definition) is 1. The number of rotatable bonds is 6. The Kier molecular flexibility index (Phi) is 5.12. The van der Waals surface area contributed by atoms with Gasteiger partial charge in [0.1, 0.15) is 5.75 Å². The molecular weight excluding hydrogens is 266 g/mol. The Morgan fingerprint density at radius 2 is 2.10 bits per heavy atom. The largest absolute Gasteiger partial charge is 0.493 e. The SMILES string of the molecule is CCCNC(CC1OCCO1)c1cccc2c1OCCC2. The number of hydrogen-bond acceptors (Lipinski definition) is 4. The summed E-state index contributed by atoms with van der Waals surface area (Å²) in [6.07, 6.45) is 4.07. The van der Waals surface area contributed by atoms with Gasteiger partial charge < -0.3 is 19.5 Å². The van der Waals surface area contributed by atoms with Crippen LogP contribution in [-0.4, -0.2) is 32.7 Å². The molecule has 1 saturated heterocycles. The van der Waals surface area contributed by atoms with Gasteiger partial charge in [-0.1, -0.05) is 25.1 Å². The normalized spacial score (nSPS) is 20.0. The van der Waals surface area contributed by atoms with Crippen molar-refractivity contribution in [3.05, 3.63) is 29.3 Å². The molecule has 21 heavy (non-hydrogen) atoms. The molecule has 2 heterocycles. The van der Waals surface area contributed by atoms with Crippen molar-refractivity contribution in [1.82, 2.24) is 5.32 Å². The van der Waals surface area contributed by atoms with E-state index in [2.05, 4.69) is 30.4 Å². The highest BCUT2D eigenvalue weighted by Crippen LogP contribution is 2.35. The van der Waals surface area contributed by atoms with E-state index in [-0.39, 0.29) is 12.3 Å². The molecule has 1 fully saturated rings. The summed E-state index contributed by atoms with van der Waals surface area (Å²) >= 11 is 0. The number of fused-ring (bicyclic) bond motifs is 1. The predicted molar refractivity (Wildman–Crippen MR) is 81.6 cm³/mol. The van der Waals surface area contributed by atoms with Crippen LogP contribution in [0, 0.1) is 0 Å². The molecule has 1 unspecified atom stereocenters. The molecule has 0 aliphatic carbocycles. The first kappa shape index (κ1) is 14.8. The van der Waals surface area contributed by atoms with E-state index in [1.54, 1.807) is 0 Å². The quantitative estimate of drug-likeness (QED) is 0.875. The van der Waals surface area contributed by atoms with Crippen LogP contribution in [0.2, 0.25) is 0 Å². The lowest BCUT2D eigenvalue weighted by Gasteiger charge is -2.27. The number of aryl methyl sites for hydroxylation is 1. The number of para-hydroxylation sites is 1. The Balaban J connectivity index is 1.80. The van der Waals surface area contributed by atoms with Gasteiger partial charge in [-0.05, 0) is 31.4 Å². The monoisotopic (exact) mass is 291 g/mol. The van der Waals surface area contributed by atoms with Crippen LogP contribution in [0.25, 0.3) is 0 Å². The van der Waals surface area contributed by atoms with Gasteiger partial charge in [0.25, 0.3) is 0 Å². The highest BCUT2D eigenvalue weighted by atomic mass is 16.7. The maximum Gasteiger partial charge on any atom is 0.159 e. The van der Waals surface area contributed by atoms with E-state index in [1.807, 2.05) is 0 Å². The topological polar surface area (TPSA) is 39.7 Å². The Morgan fingerprint density at radius 3 is 2.90 bits per heavy atom. The van der Waals surface area contributed by atoms with Crippen molar-refractivity contribution in [3.63, 3.8) is 0 Å². The fourth-order valence-corrected chi connectivity index (χ4v) is 3.06. The minimum Gasteiger partial charge on any atom is -0.493 e. The molecule has 3 rings (SSSR count). The second-order valence-electron chi connectivity index (χ2n) is 5.70. The third-order valence-corrected chi connectivity index (χ3v) is 4.10. The van der Waals surface area contributed by atoms with Gasteiger partial charge in [0.05, 0.1) is 19.8 Å². The molecule has 0 radical (unpaired) electrons. The second-order valence-corrected chi connectivity index (χ2v) is 5.70. The average Bonchev–Trinajstić information content (AvgIpc) is 3.04. The molecule has 2 aliphatic rings. The van der Waals surface area contributed by atoms with Crippen LogP contribution in [-0.2, 0) is 15.9 Å². The van der Waals surface area contributed by atoms with Gasteiger partial charge in [-0.2, -0.15) is 0 Å². The number of nitrogens with one attached hydrogen (secondary N) is 1. The maximum atomic E-state index is 5.96. The van der Waals surface area contributed by atoms with Gasteiger partial charge in [-0.25, -0.2) is 0 Å². The molecule has 0 spiro atoms. The fourth-order valence-electron chi connectivity index (χ4n) is 3.06. The zero-order valence-electron chi connectivity index (χ0n) is 12.8. The molecule has 0 bridgehead atoms. The molecule has 0 aromatic heterocycles. The molecule has 1 atom stereocenters. The molecule has 0 amide bonds. The molecule has 4 heteroatoms. The average molecular weight is 291 g/mol. The van der Waals surface area contributed by atoms with Crippen LogP contribution in [0.15, 0.2) is 18.2 Å². The number of ether oxygens (including phenoxy) is 3. The molecule has 116 valence electrons. The first-order valence-electron chi connectivity index (χ1n) is 8.09. The van der Waals surface area contributed by atoms with Crippen molar-refractivity contribution in [2.45, 2.75) is 44.9 Å². The summed E-state index contributed by atoms with van der Waals surface area (Å²) in [5, 5.41) is 3.62. The maximum absolute atomic E-state index is 5.96. The van der Waals surface area contributed by atoms with E-state index >= 15 is 0 Å². The molecular formula is C17H25NO3. The smallest absolute Gasteiger partial charge is 0.159 e. The third-order valence-electron chi connectivity index (χ3n) is 4.10. The highest BCUT2D eigenvalue weighted by molar-refractivity contribution is 5.44. The van der Waals surface area contributed by atoms with Crippen molar-refractivity contribution in [2.75, 3.05) is 26.4 Å². The highest BCUT2D eigenvalue weighted by Gasteiger charge is 2.26. The van der Waals surface area contributed by atoms with Crippen LogP contribution >= 0.6 is 0 Å². The van der Waals surface area contributed by atoms with Gasteiger partial charge in [-0.3, -0.25) is 0 Å². The van der Waals surface area contributed by atoms with Crippen molar-refractivity contribution in [2.24, 2.45) is 0 Å². The van der Waals surface area contributed by atoms with Crippen molar-refractivity contribution in [1.29, 1.82) is 0 Å². The van der Waals surface area contributed by atoms with Gasteiger partial charge in [0, 0.05) is 18.0 Å². The first-order valence-corrected chi connectivity index (χ1v) is 8.09. The van der Waals surface area contributed by atoms with E-state index in [0.717, 1.165) is 44.6 Å². The minimum atomic E-state index is -0.0983. The van der Waals surface area contributed by atoms with E-state index in [0.29, 0.717) is 13.2 Å². The van der Waals surface area contributed by atoms with E-state index in [1.165, 1.54) is 11.1 Å². The predicted octanol–water partition coefficient (Wildman–Crippen LogP) is 2.82. The van der Waals surface area contributed by atoms with Crippen molar-refractivity contribution < 1.29 is 14.2 Å². The summed E-state index contributed by atoms with van der Waals surface area (Å²) in [7, 11) is 0. The van der Waals surface area contributed by atoms with Crippen LogP contribution < -0.4 is 10.1 Å². The lowest BCUT2D eigenvalue weighted by Crippen LogP contribution is -2.28. The second kappa shape index (κ2) is 7.25. The Morgan fingerprint density at radius 1 is 1.24 bits per heavy atom. The molecule has 1 aromatic rings. The molecule has 1 aromatic carbocycles. The zero-order chi connectivity index (χ0) is 14.5. The van der Waals surface area contributed by atoms with Gasteiger partial charge >= 0.3 is 0 Å². The summed E-state index contributed by atoms with van der Waals surface area (Å²) < 4.78 is 17.2. The lowest BCUT2D eigenvalue weighted by atomic mass is 9.96. The fraction of sp³-hybridized carbons (Fsp3) is 0.647. The molecule has 4 nitrogen and oxygen atoms in total. The van der Waals surface area contributed by atoms with Gasteiger partial charge in [-0.15, -0.1) is 0 Å². The third kappa shape index (κ3) is 3.57. The van der Waals surface area contributed by atoms with Gasteiger partial charge in [0.15, 0.2) is 6.29 Å². The van der Waals surface area contributed by atoms with E-state index in [4.69, 9.17) is 14.2 Å². The summed E-state index contributed by atoms with van der Waals surface area (Å²) in [6, 6.07) is 6.71. The Bertz CT molecular complexity index is 457. The Labute approximate surface area is 126 Å². The zero-order valence-corrected chi connectivity index (χ0v) is 12.8. The van der Waals surface area contributed by atoms with Crippen LogP contribution in [0.1, 0.15) is 43.4 Å². The standard InChI is InChI=1S/C17H25NO3/c1-2-8-18-15(12-16-19-10-11-20-16)14-7-3-5-13-6-4-9-21-17(13)14/h3,5,7,15-16,18H,2,4,6,8-12H2,1H3. The van der Waals surface area contributed by atoms with Crippen molar-refractivity contribution >= 4 is 0 Å². The summed E-state index contributed by atoms with van der Waals surface area (Å²) in [4.78, 5) is 0. The molecule has 0 saturated carbocycles. The number of benzene rings is 1. The van der Waals surface area contributed by atoms with Crippen LogP contribution in [0.5, 0.6) is 5.75 Å². The summed E-state index contributed by atoms with van der Waals surface area (Å²) in [6.45, 7) is 5.40. The summed E-state index contributed by atoms with van der Waals surface area (Å²) in [5.41, 5.74) is 2.58. The molecule has 2 aliphatic heterocycles. The van der Waals surface area contributed by atoms with E-state index in [9.17, 15) is 0 Å². The van der Waals surface area contributed by atoms with Crippen LogP contribution in [0.3, 0.4) is 0 Å². The molecule has 1 N–H and O–H groups in total. The minimum absolute atomic E-state index is 0.0983. The van der Waals surface area contributed by atoms with Crippen LogP contribution in [0.4, 0.5) is 0 Å². The first-order chi connectivity index (χ1) is 10.4. The van der Waals surface area contributed by atoms with Crippen molar-refractivity contribution in [3.8, 4) is 5.75 Å². The van der Waals surface area contributed by atoms with Gasteiger partial charge in [0.2, 0.25) is 0 Å². The Hall–Kier alpha value is -1.10. The summed E-state index contributed by atoms with van der Waals surface area (Å²) in [5.74, 6) is 1.08.